The average molecular weight is 205 g/mol. The predicted octanol–water partition coefficient (Wildman–Crippen LogP) is 2.61. The molecule has 0 spiro atoms. The number of aliphatic hydroxyl groups is 1. The van der Waals surface area contributed by atoms with E-state index >= 15 is 0 Å². The third-order valence-corrected chi connectivity index (χ3v) is 1.59. The van der Waals surface area contributed by atoms with Crippen LogP contribution in [0.15, 0.2) is 21.7 Å². The van der Waals surface area contributed by atoms with Crippen molar-refractivity contribution in [1.82, 2.24) is 0 Å². The van der Waals surface area contributed by atoms with Crippen LogP contribution in [0.1, 0.15) is 20.8 Å². The van der Waals surface area contributed by atoms with Crippen LogP contribution in [0.3, 0.4) is 0 Å². The van der Waals surface area contributed by atoms with Crippen LogP contribution in [0, 0.1) is 0 Å². The van der Waals surface area contributed by atoms with E-state index in [1.807, 2.05) is 26.8 Å². The third kappa shape index (κ3) is 3.85. The van der Waals surface area contributed by atoms with Crippen molar-refractivity contribution in [1.29, 1.82) is 0 Å². The Morgan fingerprint density at radius 1 is 1.40 bits per heavy atom. The van der Waals surface area contributed by atoms with Crippen molar-refractivity contribution in [3.05, 3.63) is 21.7 Å². The first-order valence-corrected chi connectivity index (χ1v) is 3.98. The second-order valence-electron chi connectivity index (χ2n) is 2.44. The van der Waals surface area contributed by atoms with E-state index in [1.165, 1.54) is 5.57 Å². The highest BCUT2D eigenvalue weighted by molar-refractivity contribution is 9.11. The SMILES string of the molecule is CC(C)=C/C(CO)=C(\C)Br. The quantitative estimate of drug-likeness (QED) is 0.687. The molecule has 0 aliphatic carbocycles. The largest absolute Gasteiger partial charge is 0.392 e. The summed E-state index contributed by atoms with van der Waals surface area (Å²) >= 11 is 3.30. The molecule has 0 atom stereocenters. The summed E-state index contributed by atoms with van der Waals surface area (Å²) < 4.78 is 0.996. The Balaban J connectivity index is 4.40. The molecule has 0 saturated carbocycles. The van der Waals surface area contributed by atoms with Crippen molar-refractivity contribution in [2.45, 2.75) is 20.8 Å². The Labute approximate surface area is 70.6 Å². The molecule has 0 aliphatic heterocycles. The number of hydrogen-bond donors (Lipinski definition) is 1. The molecule has 1 nitrogen and oxygen atoms in total. The molecule has 0 aromatic rings. The van der Waals surface area contributed by atoms with E-state index in [9.17, 15) is 0 Å². The molecule has 0 aromatic heterocycles. The molecule has 58 valence electrons. The van der Waals surface area contributed by atoms with Crippen molar-refractivity contribution in [2.24, 2.45) is 0 Å². The molecule has 0 amide bonds. The first-order valence-electron chi connectivity index (χ1n) is 3.19. The third-order valence-electron chi connectivity index (χ3n) is 1.08. The van der Waals surface area contributed by atoms with Gasteiger partial charge < -0.3 is 5.11 Å². The summed E-state index contributed by atoms with van der Waals surface area (Å²) in [7, 11) is 0. The molecular formula is C8H13BrO. The van der Waals surface area contributed by atoms with Gasteiger partial charge in [-0.2, -0.15) is 0 Å². The molecule has 0 fully saturated rings. The van der Waals surface area contributed by atoms with E-state index in [1.54, 1.807) is 0 Å². The molecule has 0 bridgehead atoms. The first kappa shape index (κ1) is 9.92. The summed E-state index contributed by atoms with van der Waals surface area (Å²) in [5.41, 5.74) is 2.14. The Hall–Kier alpha value is -0.0800. The van der Waals surface area contributed by atoms with Gasteiger partial charge in [-0.3, -0.25) is 0 Å². The van der Waals surface area contributed by atoms with Gasteiger partial charge in [-0.15, -0.1) is 0 Å². The molecule has 1 N–H and O–H groups in total. The fourth-order valence-electron chi connectivity index (χ4n) is 0.602. The minimum atomic E-state index is 0.0995. The molecular weight excluding hydrogens is 192 g/mol. The summed E-state index contributed by atoms with van der Waals surface area (Å²) in [6, 6.07) is 0. The van der Waals surface area contributed by atoms with Gasteiger partial charge >= 0.3 is 0 Å². The maximum atomic E-state index is 8.81. The fraction of sp³-hybridized carbons (Fsp3) is 0.500. The zero-order valence-electron chi connectivity index (χ0n) is 6.61. The molecule has 0 saturated heterocycles. The summed E-state index contributed by atoms with van der Waals surface area (Å²) in [6.45, 7) is 6.03. The van der Waals surface area contributed by atoms with Crippen LogP contribution in [0.5, 0.6) is 0 Å². The molecule has 0 heterocycles. The van der Waals surface area contributed by atoms with Crippen LogP contribution in [0.2, 0.25) is 0 Å². The number of hydrogen-bond acceptors (Lipinski definition) is 1. The average Bonchev–Trinajstić information content (AvgIpc) is 1.81. The highest BCUT2D eigenvalue weighted by atomic mass is 79.9. The summed E-state index contributed by atoms with van der Waals surface area (Å²) in [4.78, 5) is 0. The highest BCUT2D eigenvalue weighted by Gasteiger charge is 1.93. The van der Waals surface area contributed by atoms with Crippen LogP contribution >= 0.6 is 15.9 Å². The zero-order valence-corrected chi connectivity index (χ0v) is 8.20. The van der Waals surface area contributed by atoms with Crippen LogP contribution < -0.4 is 0 Å². The van der Waals surface area contributed by atoms with E-state index in [0.717, 1.165) is 10.1 Å². The summed E-state index contributed by atoms with van der Waals surface area (Å²) in [5.74, 6) is 0. The van der Waals surface area contributed by atoms with E-state index in [4.69, 9.17) is 5.11 Å². The Bertz CT molecular complexity index is 160. The Kier molecular flexibility index (Phi) is 4.65. The maximum Gasteiger partial charge on any atom is 0.0689 e. The van der Waals surface area contributed by atoms with Crippen LogP contribution in [-0.2, 0) is 0 Å². The van der Waals surface area contributed by atoms with Crippen molar-refractivity contribution < 1.29 is 5.11 Å². The minimum Gasteiger partial charge on any atom is -0.392 e. The lowest BCUT2D eigenvalue weighted by Crippen LogP contribution is -1.88. The summed E-state index contributed by atoms with van der Waals surface area (Å²) in [6.07, 6.45) is 1.96. The molecule has 0 aromatic carbocycles. The van der Waals surface area contributed by atoms with Crippen molar-refractivity contribution in [3.8, 4) is 0 Å². The number of aliphatic hydroxyl groups excluding tert-OH is 1. The topological polar surface area (TPSA) is 20.2 Å². The summed E-state index contributed by atoms with van der Waals surface area (Å²) in [5, 5.41) is 8.81. The molecule has 0 aliphatic rings. The molecule has 10 heavy (non-hydrogen) atoms. The van der Waals surface area contributed by atoms with Crippen molar-refractivity contribution in [2.75, 3.05) is 6.61 Å². The Morgan fingerprint density at radius 3 is 2.00 bits per heavy atom. The Morgan fingerprint density at radius 2 is 1.90 bits per heavy atom. The van der Waals surface area contributed by atoms with Crippen molar-refractivity contribution >= 4 is 15.9 Å². The van der Waals surface area contributed by atoms with Gasteiger partial charge in [0.05, 0.1) is 6.61 Å². The smallest absolute Gasteiger partial charge is 0.0689 e. The second-order valence-corrected chi connectivity index (χ2v) is 3.63. The monoisotopic (exact) mass is 204 g/mol. The van der Waals surface area contributed by atoms with Crippen molar-refractivity contribution in [3.63, 3.8) is 0 Å². The lowest BCUT2D eigenvalue weighted by atomic mass is 10.2. The lowest BCUT2D eigenvalue weighted by Gasteiger charge is -1.98. The zero-order chi connectivity index (χ0) is 8.15. The highest BCUT2D eigenvalue weighted by Crippen LogP contribution is 2.12. The molecule has 0 radical (unpaired) electrons. The maximum absolute atomic E-state index is 8.81. The lowest BCUT2D eigenvalue weighted by molar-refractivity contribution is 0.334. The van der Waals surface area contributed by atoms with E-state index in [0.29, 0.717) is 0 Å². The van der Waals surface area contributed by atoms with Gasteiger partial charge in [0.25, 0.3) is 0 Å². The van der Waals surface area contributed by atoms with Gasteiger partial charge in [0.2, 0.25) is 0 Å². The van der Waals surface area contributed by atoms with Crippen LogP contribution in [-0.4, -0.2) is 11.7 Å². The van der Waals surface area contributed by atoms with Crippen LogP contribution in [0.4, 0.5) is 0 Å². The van der Waals surface area contributed by atoms with Gasteiger partial charge in [0, 0.05) is 0 Å². The van der Waals surface area contributed by atoms with E-state index in [2.05, 4.69) is 15.9 Å². The normalized spacial score (nSPS) is 12.5. The standard InChI is InChI=1S/C8H13BrO/c1-6(2)4-8(5-10)7(3)9/h4,10H,5H2,1-3H3/b8-7-. The van der Waals surface area contributed by atoms with Gasteiger partial charge in [0.1, 0.15) is 0 Å². The number of allylic oxidation sites excluding steroid dienone is 2. The van der Waals surface area contributed by atoms with Crippen LogP contribution in [0.25, 0.3) is 0 Å². The van der Waals surface area contributed by atoms with Gasteiger partial charge in [0.15, 0.2) is 0 Å². The molecule has 0 unspecified atom stereocenters. The van der Waals surface area contributed by atoms with Gasteiger partial charge in [-0.1, -0.05) is 27.6 Å². The van der Waals surface area contributed by atoms with E-state index < -0.39 is 0 Å². The molecule has 0 rings (SSSR count). The molecule has 2 heteroatoms. The van der Waals surface area contributed by atoms with Gasteiger partial charge in [-0.05, 0) is 30.8 Å². The predicted molar refractivity (Wildman–Crippen MR) is 48.1 cm³/mol. The fourth-order valence-corrected chi connectivity index (χ4v) is 0.842. The van der Waals surface area contributed by atoms with E-state index in [-0.39, 0.29) is 6.61 Å². The first-order chi connectivity index (χ1) is 4.57. The second kappa shape index (κ2) is 4.69. The number of halogens is 1. The van der Waals surface area contributed by atoms with Gasteiger partial charge in [-0.25, -0.2) is 0 Å². The number of rotatable bonds is 2. The minimum absolute atomic E-state index is 0.0995.